The number of anilines is 1. The van der Waals surface area contributed by atoms with Crippen molar-refractivity contribution in [3.63, 3.8) is 0 Å². The number of imidazole rings is 1. The molecule has 1 atom stereocenters. The van der Waals surface area contributed by atoms with Crippen molar-refractivity contribution in [1.82, 2.24) is 9.55 Å². The van der Waals surface area contributed by atoms with E-state index in [1.807, 2.05) is 6.07 Å². The van der Waals surface area contributed by atoms with E-state index in [1.165, 1.54) is 32.7 Å². The molecule has 0 saturated heterocycles. The molecule has 4 rings (SSSR count). The number of carbonyl (C=O) groups is 1. The van der Waals surface area contributed by atoms with E-state index in [4.69, 9.17) is 9.47 Å². The van der Waals surface area contributed by atoms with Gasteiger partial charge in [0.05, 0.1) is 25.5 Å². The molecule has 0 radical (unpaired) electrons. The molecule has 0 spiro atoms. The number of nitrogens with zero attached hydrogens (tertiary/aromatic N) is 2. The minimum absolute atomic E-state index is 0.153. The standard InChI is InChI=1S/C21H18F3N3O3/c1-29-16-5-3-4-14(19(16)30-2)15-10-17(28)26-20-18(15)25-11-27(20)13-8-6-12(7-9-13)21(22,23)24/h3-9,11,15H,10H2,1-2H3,(H,26,28)/t15-/m0/s1. The Bertz CT molecular complexity index is 1090. The summed E-state index contributed by atoms with van der Waals surface area (Å²) in [6.45, 7) is 0. The molecule has 0 unspecified atom stereocenters. The highest BCUT2D eigenvalue weighted by Gasteiger charge is 2.34. The molecule has 0 fully saturated rings. The second kappa shape index (κ2) is 7.40. The first kappa shape index (κ1) is 19.8. The van der Waals surface area contributed by atoms with Crippen LogP contribution in [0.3, 0.4) is 0 Å². The van der Waals surface area contributed by atoms with Crippen LogP contribution >= 0.6 is 0 Å². The molecule has 1 N–H and O–H groups in total. The number of rotatable bonds is 4. The Kier molecular flexibility index (Phi) is 4.89. The number of halogens is 3. The van der Waals surface area contributed by atoms with Gasteiger partial charge in [0.1, 0.15) is 12.1 Å². The van der Waals surface area contributed by atoms with Crippen molar-refractivity contribution in [2.45, 2.75) is 18.5 Å². The van der Waals surface area contributed by atoms with Gasteiger partial charge in [0, 0.05) is 23.6 Å². The van der Waals surface area contributed by atoms with Gasteiger partial charge in [-0.1, -0.05) is 12.1 Å². The number of alkyl halides is 3. The fourth-order valence-corrected chi connectivity index (χ4v) is 3.66. The Balaban J connectivity index is 1.79. The van der Waals surface area contributed by atoms with Gasteiger partial charge in [-0.15, -0.1) is 0 Å². The van der Waals surface area contributed by atoms with Crippen LogP contribution in [0.25, 0.3) is 5.69 Å². The average Bonchev–Trinajstić information content (AvgIpc) is 3.15. The molecular formula is C21H18F3N3O3. The summed E-state index contributed by atoms with van der Waals surface area (Å²) >= 11 is 0. The number of hydrogen-bond donors (Lipinski definition) is 1. The van der Waals surface area contributed by atoms with Crippen LogP contribution in [-0.4, -0.2) is 29.7 Å². The molecule has 0 saturated carbocycles. The van der Waals surface area contributed by atoms with Crippen LogP contribution in [0, 0.1) is 0 Å². The second-order valence-corrected chi connectivity index (χ2v) is 6.78. The van der Waals surface area contributed by atoms with Gasteiger partial charge < -0.3 is 14.8 Å². The minimum Gasteiger partial charge on any atom is -0.493 e. The van der Waals surface area contributed by atoms with Gasteiger partial charge in [-0.05, 0) is 30.3 Å². The van der Waals surface area contributed by atoms with Crippen molar-refractivity contribution in [2.24, 2.45) is 0 Å². The fourth-order valence-electron chi connectivity index (χ4n) is 3.66. The zero-order valence-electron chi connectivity index (χ0n) is 16.2. The quantitative estimate of drug-likeness (QED) is 0.684. The third kappa shape index (κ3) is 3.36. The molecule has 6 nitrogen and oxygen atoms in total. The number of nitrogens with one attached hydrogen (secondary N) is 1. The maximum Gasteiger partial charge on any atom is 0.416 e. The van der Waals surface area contributed by atoms with E-state index >= 15 is 0 Å². The number of amides is 1. The second-order valence-electron chi connectivity index (χ2n) is 6.78. The number of fused-ring (bicyclic) bond motifs is 1. The summed E-state index contributed by atoms with van der Waals surface area (Å²) in [7, 11) is 3.05. The maximum absolute atomic E-state index is 12.9. The summed E-state index contributed by atoms with van der Waals surface area (Å²) in [6, 6.07) is 10.1. The summed E-state index contributed by atoms with van der Waals surface area (Å²) in [4.78, 5) is 16.9. The molecular weight excluding hydrogens is 399 g/mol. The summed E-state index contributed by atoms with van der Waals surface area (Å²) in [5.41, 5.74) is 1.05. The predicted molar refractivity (Wildman–Crippen MR) is 103 cm³/mol. The van der Waals surface area contributed by atoms with Gasteiger partial charge in [0.15, 0.2) is 11.5 Å². The van der Waals surface area contributed by atoms with Crippen LogP contribution in [-0.2, 0) is 11.0 Å². The summed E-state index contributed by atoms with van der Waals surface area (Å²) in [5.74, 6) is 0.834. The molecule has 30 heavy (non-hydrogen) atoms. The Labute approximate surface area is 170 Å². The molecule has 3 aromatic rings. The van der Waals surface area contributed by atoms with Crippen molar-refractivity contribution in [3.05, 3.63) is 65.6 Å². The van der Waals surface area contributed by atoms with Crippen molar-refractivity contribution < 1.29 is 27.4 Å². The minimum atomic E-state index is -4.42. The van der Waals surface area contributed by atoms with Crippen LogP contribution in [0.1, 0.15) is 29.2 Å². The highest BCUT2D eigenvalue weighted by atomic mass is 19.4. The molecule has 1 aliphatic rings. The SMILES string of the molecule is COc1cccc([C@@H]2CC(=O)Nc3c2ncn3-c2ccc(C(F)(F)F)cc2)c1OC. The lowest BCUT2D eigenvalue weighted by Gasteiger charge is -2.25. The highest BCUT2D eigenvalue weighted by Crippen LogP contribution is 2.44. The van der Waals surface area contributed by atoms with E-state index < -0.39 is 17.7 Å². The number of benzene rings is 2. The fraction of sp³-hybridized carbons (Fsp3) is 0.238. The van der Waals surface area contributed by atoms with E-state index in [9.17, 15) is 18.0 Å². The van der Waals surface area contributed by atoms with Gasteiger partial charge in [0.2, 0.25) is 5.91 Å². The zero-order valence-corrected chi connectivity index (χ0v) is 16.2. The van der Waals surface area contributed by atoms with E-state index in [2.05, 4.69) is 10.3 Å². The van der Waals surface area contributed by atoms with Crippen LogP contribution in [0.2, 0.25) is 0 Å². The lowest BCUT2D eigenvalue weighted by Crippen LogP contribution is -2.25. The Morgan fingerprint density at radius 3 is 2.47 bits per heavy atom. The lowest BCUT2D eigenvalue weighted by molar-refractivity contribution is -0.137. The summed E-state index contributed by atoms with van der Waals surface area (Å²) < 4.78 is 51.0. The monoisotopic (exact) mass is 417 g/mol. The first-order chi connectivity index (χ1) is 14.3. The number of para-hydroxylation sites is 1. The van der Waals surface area contributed by atoms with Gasteiger partial charge >= 0.3 is 6.18 Å². The summed E-state index contributed by atoms with van der Waals surface area (Å²) in [6.07, 6.45) is -2.78. The van der Waals surface area contributed by atoms with Gasteiger partial charge in [-0.25, -0.2) is 4.98 Å². The zero-order chi connectivity index (χ0) is 21.5. The van der Waals surface area contributed by atoms with E-state index in [0.717, 1.165) is 17.7 Å². The molecule has 0 bridgehead atoms. The van der Waals surface area contributed by atoms with Crippen LogP contribution < -0.4 is 14.8 Å². The van der Waals surface area contributed by atoms with Gasteiger partial charge in [-0.2, -0.15) is 13.2 Å². The largest absolute Gasteiger partial charge is 0.493 e. The third-order valence-corrected chi connectivity index (χ3v) is 5.05. The molecule has 1 aliphatic heterocycles. The van der Waals surface area contributed by atoms with Crippen molar-refractivity contribution in [3.8, 4) is 17.2 Å². The van der Waals surface area contributed by atoms with Crippen LogP contribution in [0.15, 0.2) is 48.8 Å². The molecule has 156 valence electrons. The van der Waals surface area contributed by atoms with Gasteiger partial charge in [0.25, 0.3) is 0 Å². The third-order valence-electron chi connectivity index (χ3n) is 5.05. The first-order valence-corrected chi connectivity index (χ1v) is 9.09. The van der Waals surface area contributed by atoms with Crippen molar-refractivity contribution >= 4 is 11.7 Å². The molecule has 2 aromatic carbocycles. The molecule has 2 heterocycles. The average molecular weight is 417 g/mol. The number of ether oxygens (including phenoxy) is 2. The van der Waals surface area contributed by atoms with Crippen LogP contribution in [0.5, 0.6) is 11.5 Å². The lowest BCUT2D eigenvalue weighted by atomic mass is 9.89. The predicted octanol–water partition coefficient (Wildman–Crippen LogP) is 4.38. The Hall–Kier alpha value is -3.49. The molecule has 9 heteroatoms. The van der Waals surface area contributed by atoms with E-state index in [0.29, 0.717) is 28.7 Å². The van der Waals surface area contributed by atoms with Crippen LogP contribution in [0.4, 0.5) is 19.0 Å². The summed E-state index contributed by atoms with van der Waals surface area (Å²) in [5, 5.41) is 2.78. The Morgan fingerprint density at radius 2 is 1.83 bits per heavy atom. The van der Waals surface area contributed by atoms with Crippen molar-refractivity contribution in [1.29, 1.82) is 0 Å². The van der Waals surface area contributed by atoms with E-state index in [-0.39, 0.29) is 12.3 Å². The Morgan fingerprint density at radius 1 is 1.10 bits per heavy atom. The topological polar surface area (TPSA) is 65.4 Å². The van der Waals surface area contributed by atoms with Gasteiger partial charge in [-0.3, -0.25) is 9.36 Å². The number of aromatic nitrogens is 2. The maximum atomic E-state index is 12.9. The molecule has 1 aromatic heterocycles. The highest BCUT2D eigenvalue weighted by molar-refractivity contribution is 5.94. The van der Waals surface area contributed by atoms with Crippen molar-refractivity contribution in [2.75, 3.05) is 19.5 Å². The number of hydrogen-bond acceptors (Lipinski definition) is 4. The normalized spacial score (nSPS) is 16.0. The smallest absolute Gasteiger partial charge is 0.416 e. The number of methoxy groups -OCH3 is 2. The number of carbonyl (C=O) groups excluding carboxylic acids is 1. The van der Waals surface area contributed by atoms with E-state index in [1.54, 1.807) is 16.7 Å². The molecule has 1 amide bonds. The molecule has 0 aliphatic carbocycles. The first-order valence-electron chi connectivity index (χ1n) is 9.09.